The molecule has 1 unspecified atom stereocenters. The van der Waals surface area contributed by atoms with Crippen molar-refractivity contribution in [1.29, 1.82) is 0 Å². The molecule has 0 amide bonds. The molecule has 1 N–H and O–H groups in total. The van der Waals surface area contributed by atoms with Crippen molar-refractivity contribution in [3.63, 3.8) is 0 Å². The Labute approximate surface area is 119 Å². The van der Waals surface area contributed by atoms with Gasteiger partial charge in [0.15, 0.2) is 0 Å². The van der Waals surface area contributed by atoms with Crippen molar-refractivity contribution in [3.8, 4) is 0 Å². The molecule has 90 valence electrons. The first-order chi connectivity index (χ1) is 8.20. The van der Waals surface area contributed by atoms with Crippen LogP contribution in [0.15, 0.2) is 30.5 Å². The summed E-state index contributed by atoms with van der Waals surface area (Å²) >= 11 is 3.75. The predicted octanol–water partition coefficient (Wildman–Crippen LogP) is 3.78. The third kappa shape index (κ3) is 3.26. The van der Waals surface area contributed by atoms with Crippen LogP contribution >= 0.6 is 33.9 Å². The molecule has 0 bridgehead atoms. The van der Waals surface area contributed by atoms with Crippen LogP contribution in [-0.4, -0.2) is 10.1 Å². The molecule has 2 rings (SSSR count). The fraction of sp³-hybridized carbons (Fsp3) is 0.308. The van der Waals surface area contributed by atoms with Crippen LogP contribution < -0.4 is 0 Å². The molecule has 0 aliphatic heterocycles. The van der Waals surface area contributed by atoms with Gasteiger partial charge in [0, 0.05) is 0 Å². The molecule has 1 atom stereocenters. The van der Waals surface area contributed by atoms with E-state index >= 15 is 0 Å². The number of benzene rings is 1. The number of aliphatic hydroxyl groups excluding tert-OH is 1. The first-order valence-electron chi connectivity index (χ1n) is 5.59. The highest BCUT2D eigenvalue weighted by Crippen LogP contribution is 2.26. The van der Waals surface area contributed by atoms with E-state index in [-0.39, 0.29) is 0 Å². The van der Waals surface area contributed by atoms with E-state index in [0.29, 0.717) is 0 Å². The second kappa shape index (κ2) is 5.93. The Morgan fingerprint density at radius 3 is 2.59 bits per heavy atom. The monoisotopic (exact) mass is 359 g/mol. The Kier molecular flexibility index (Phi) is 4.53. The summed E-state index contributed by atoms with van der Waals surface area (Å²) < 4.78 is 1.10. The first kappa shape index (κ1) is 13.0. The number of halogens is 1. The summed E-state index contributed by atoms with van der Waals surface area (Å²) in [6.07, 6.45) is 3.42. The van der Waals surface area contributed by atoms with Crippen LogP contribution in [0.3, 0.4) is 0 Å². The summed E-state index contributed by atoms with van der Waals surface area (Å²) in [7, 11) is 0. The zero-order valence-electron chi connectivity index (χ0n) is 9.56. The van der Waals surface area contributed by atoms with E-state index < -0.39 is 6.10 Å². The van der Waals surface area contributed by atoms with E-state index in [0.717, 1.165) is 26.3 Å². The highest BCUT2D eigenvalue weighted by atomic mass is 127. The molecule has 17 heavy (non-hydrogen) atoms. The molecular weight excluding hydrogens is 345 g/mol. The molecule has 2 nitrogen and oxygen atoms in total. The lowest BCUT2D eigenvalue weighted by atomic mass is 10.0. The Bertz CT molecular complexity index is 480. The second-order valence-electron chi connectivity index (χ2n) is 3.90. The smallest absolute Gasteiger partial charge is 0.131 e. The van der Waals surface area contributed by atoms with Crippen molar-refractivity contribution in [2.24, 2.45) is 0 Å². The van der Waals surface area contributed by atoms with Crippen molar-refractivity contribution < 1.29 is 5.11 Å². The lowest BCUT2D eigenvalue weighted by Crippen LogP contribution is -1.98. The van der Waals surface area contributed by atoms with E-state index in [1.807, 2.05) is 12.1 Å². The topological polar surface area (TPSA) is 33.1 Å². The van der Waals surface area contributed by atoms with E-state index in [1.54, 1.807) is 6.20 Å². The molecule has 0 fully saturated rings. The SMILES string of the molecule is CCCc1ccc(C(O)c2ncc(I)s2)cc1. The highest BCUT2D eigenvalue weighted by molar-refractivity contribution is 14.1. The molecule has 0 saturated carbocycles. The second-order valence-corrected chi connectivity index (χ2v) is 6.85. The molecule has 0 aliphatic carbocycles. The summed E-state index contributed by atoms with van der Waals surface area (Å²) in [5, 5.41) is 10.9. The number of aryl methyl sites for hydroxylation is 1. The maximum absolute atomic E-state index is 10.2. The van der Waals surface area contributed by atoms with Gasteiger partial charge in [-0.1, -0.05) is 37.6 Å². The molecule has 4 heteroatoms. The minimum absolute atomic E-state index is 0.598. The lowest BCUT2D eigenvalue weighted by molar-refractivity contribution is 0.220. The van der Waals surface area contributed by atoms with Gasteiger partial charge in [0.2, 0.25) is 0 Å². The Morgan fingerprint density at radius 2 is 2.06 bits per heavy atom. The average molecular weight is 359 g/mol. The number of nitrogens with zero attached hydrogens (tertiary/aromatic N) is 1. The van der Waals surface area contributed by atoms with Crippen LogP contribution in [0.5, 0.6) is 0 Å². The molecular formula is C13H14INOS. The number of rotatable bonds is 4. The fourth-order valence-electron chi connectivity index (χ4n) is 1.69. The lowest BCUT2D eigenvalue weighted by Gasteiger charge is -2.08. The molecule has 1 aromatic carbocycles. The summed E-state index contributed by atoms with van der Waals surface area (Å²) in [5.41, 5.74) is 2.23. The van der Waals surface area contributed by atoms with Gasteiger partial charge in [-0.05, 0) is 40.1 Å². The van der Waals surface area contributed by atoms with Gasteiger partial charge < -0.3 is 5.11 Å². The van der Waals surface area contributed by atoms with Gasteiger partial charge in [-0.25, -0.2) is 4.98 Å². The van der Waals surface area contributed by atoms with Crippen molar-refractivity contribution in [2.75, 3.05) is 0 Å². The first-order valence-corrected chi connectivity index (χ1v) is 7.48. The van der Waals surface area contributed by atoms with Crippen molar-refractivity contribution in [3.05, 3.63) is 49.5 Å². The normalized spacial score (nSPS) is 12.6. The zero-order valence-corrected chi connectivity index (χ0v) is 12.5. The van der Waals surface area contributed by atoms with E-state index in [2.05, 4.69) is 46.6 Å². The van der Waals surface area contributed by atoms with Crippen molar-refractivity contribution >= 4 is 33.9 Å². The summed E-state index contributed by atoms with van der Waals surface area (Å²) in [6, 6.07) is 8.15. The maximum Gasteiger partial charge on any atom is 0.131 e. The quantitative estimate of drug-likeness (QED) is 0.843. The van der Waals surface area contributed by atoms with Crippen LogP contribution in [0.2, 0.25) is 0 Å². The Hall–Kier alpha value is -0.460. The van der Waals surface area contributed by atoms with E-state index in [1.165, 1.54) is 16.9 Å². The standard InChI is InChI=1S/C13H14INOS/c1-2-3-9-4-6-10(7-5-9)12(16)13-15-8-11(14)17-13/h4-8,12,16H,2-3H2,1H3. The van der Waals surface area contributed by atoms with Gasteiger partial charge in [-0.3, -0.25) is 0 Å². The largest absolute Gasteiger partial charge is 0.381 e. The van der Waals surface area contributed by atoms with Crippen LogP contribution in [0, 0.1) is 2.88 Å². The van der Waals surface area contributed by atoms with Crippen LogP contribution in [0.4, 0.5) is 0 Å². The summed E-state index contributed by atoms with van der Waals surface area (Å²) in [6.45, 7) is 2.17. The predicted molar refractivity (Wildman–Crippen MR) is 79.3 cm³/mol. The van der Waals surface area contributed by atoms with Crippen molar-refractivity contribution in [1.82, 2.24) is 4.98 Å². The van der Waals surface area contributed by atoms with Crippen LogP contribution in [0.1, 0.15) is 35.6 Å². The van der Waals surface area contributed by atoms with Crippen LogP contribution in [0.25, 0.3) is 0 Å². The van der Waals surface area contributed by atoms with Crippen molar-refractivity contribution in [2.45, 2.75) is 25.9 Å². The molecule has 0 spiro atoms. The third-order valence-corrected chi connectivity index (χ3v) is 4.34. The molecule has 2 aromatic rings. The van der Waals surface area contributed by atoms with E-state index in [9.17, 15) is 5.11 Å². The number of aromatic nitrogens is 1. The zero-order chi connectivity index (χ0) is 12.3. The minimum atomic E-state index is -0.598. The number of hydrogen-bond donors (Lipinski definition) is 1. The van der Waals surface area contributed by atoms with Gasteiger partial charge >= 0.3 is 0 Å². The molecule has 0 radical (unpaired) electrons. The van der Waals surface area contributed by atoms with Gasteiger partial charge in [0.1, 0.15) is 11.1 Å². The number of hydrogen-bond acceptors (Lipinski definition) is 3. The molecule has 0 saturated heterocycles. The number of aliphatic hydroxyl groups is 1. The van der Waals surface area contributed by atoms with Gasteiger partial charge in [-0.2, -0.15) is 0 Å². The van der Waals surface area contributed by atoms with Gasteiger partial charge in [-0.15, -0.1) is 11.3 Å². The Morgan fingerprint density at radius 1 is 1.35 bits per heavy atom. The fourth-order valence-corrected chi connectivity index (χ4v) is 3.17. The molecule has 0 aliphatic rings. The summed E-state index contributed by atoms with van der Waals surface area (Å²) in [4.78, 5) is 4.21. The third-order valence-electron chi connectivity index (χ3n) is 2.56. The van der Waals surface area contributed by atoms with Gasteiger partial charge in [0.05, 0.1) is 9.08 Å². The highest BCUT2D eigenvalue weighted by Gasteiger charge is 2.13. The van der Waals surface area contributed by atoms with Crippen LogP contribution in [-0.2, 0) is 6.42 Å². The van der Waals surface area contributed by atoms with Gasteiger partial charge in [0.25, 0.3) is 0 Å². The molecule has 1 aromatic heterocycles. The number of thiazole rings is 1. The van der Waals surface area contributed by atoms with E-state index in [4.69, 9.17) is 0 Å². The summed E-state index contributed by atoms with van der Waals surface area (Å²) in [5.74, 6) is 0. The maximum atomic E-state index is 10.2. The minimum Gasteiger partial charge on any atom is -0.381 e. The average Bonchev–Trinajstić information content (AvgIpc) is 2.76. The Balaban J connectivity index is 2.16. The molecule has 1 heterocycles.